The van der Waals surface area contributed by atoms with Crippen molar-refractivity contribution >= 4 is 5.97 Å². The lowest BCUT2D eigenvalue weighted by molar-refractivity contribution is 0.0691. The third-order valence-corrected chi connectivity index (χ3v) is 2.88. The molecule has 1 aromatic carbocycles. The number of hydrogen-bond donors (Lipinski definition) is 1. The average Bonchev–Trinajstić information content (AvgIpc) is 3.16. The van der Waals surface area contributed by atoms with Gasteiger partial charge in [0.1, 0.15) is 11.3 Å². The summed E-state index contributed by atoms with van der Waals surface area (Å²) in [5.41, 5.74) is 0.119. The minimum absolute atomic E-state index is 0.0977. The number of aromatic carboxylic acids is 1. The number of carbonyl (C=O) groups is 1. The van der Waals surface area contributed by atoms with E-state index < -0.39 is 5.97 Å². The Bertz CT molecular complexity index is 604. The van der Waals surface area contributed by atoms with Gasteiger partial charge in [0.25, 0.3) is 0 Å². The zero-order chi connectivity index (χ0) is 13.2. The van der Waals surface area contributed by atoms with Crippen molar-refractivity contribution < 1.29 is 19.2 Å². The number of hydrogen-bond acceptors (Lipinski definition) is 5. The molecule has 0 radical (unpaired) electrons. The predicted molar refractivity (Wildman–Crippen MR) is 64.0 cm³/mol. The van der Waals surface area contributed by atoms with E-state index in [0.29, 0.717) is 23.4 Å². The molecule has 1 aliphatic carbocycles. The Morgan fingerprint density at radius 2 is 2.21 bits per heavy atom. The minimum atomic E-state index is -1.03. The second-order valence-electron chi connectivity index (χ2n) is 4.41. The van der Waals surface area contributed by atoms with Crippen molar-refractivity contribution in [1.82, 2.24) is 10.1 Å². The number of rotatable bonds is 5. The van der Waals surface area contributed by atoms with E-state index in [0.717, 1.165) is 12.8 Å². The molecule has 1 heterocycles. The second-order valence-corrected chi connectivity index (χ2v) is 4.41. The minimum Gasteiger partial charge on any atom is -0.485 e. The van der Waals surface area contributed by atoms with Gasteiger partial charge in [0.2, 0.25) is 11.7 Å². The Hall–Kier alpha value is -2.37. The summed E-state index contributed by atoms with van der Waals surface area (Å²) in [7, 11) is 0. The SMILES string of the molecule is O=C(O)c1ccccc1OCc1noc(C2CC2)n1. The van der Waals surface area contributed by atoms with Crippen molar-refractivity contribution in [2.24, 2.45) is 0 Å². The van der Waals surface area contributed by atoms with Gasteiger partial charge in [0.15, 0.2) is 6.61 Å². The van der Waals surface area contributed by atoms with E-state index in [1.165, 1.54) is 6.07 Å². The summed E-state index contributed by atoms with van der Waals surface area (Å²) in [5, 5.41) is 12.8. The molecule has 6 nitrogen and oxygen atoms in total. The maximum atomic E-state index is 11.0. The van der Waals surface area contributed by atoms with Crippen LogP contribution in [0.15, 0.2) is 28.8 Å². The van der Waals surface area contributed by atoms with Gasteiger partial charge in [-0.3, -0.25) is 0 Å². The highest BCUT2D eigenvalue weighted by molar-refractivity contribution is 5.90. The summed E-state index contributed by atoms with van der Waals surface area (Å²) in [6, 6.07) is 6.46. The van der Waals surface area contributed by atoms with Crippen LogP contribution in [0.25, 0.3) is 0 Å². The summed E-state index contributed by atoms with van der Waals surface area (Å²) in [6.45, 7) is 0.0977. The lowest BCUT2D eigenvalue weighted by Crippen LogP contribution is -2.04. The van der Waals surface area contributed by atoms with Gasteiger partial charge in [-0.25, -0.2) is 4.79 Å². The van der Waals surface area contributed by atoms with E-state index >= 15 is 0 Å². The maximum Gasteiger partial charge on any atom is 0.339 e. The monoisotopic (exact) mass is 260 g/mol. The van der Waals surface area contributed by atoms with Crippen molar-refractivity contribution in [3.05, 3.63) is 41.5 Å². The molecule has 0 spiro atoms. The van der Waals surface area contributed by atoms with Crippen molar-refractivity contribution in [1.29, 1.82) is 0 Å². The molecule has 1 N–H and O–H groups in total. The van der Waals surface area contributed by atoms with E-state index in [-0.39, 0.29) is 12.2 Å². The molecule has 0 bridgehead atoms. The van der Waals surface area contributed by atoms with Crippen LogP contribution in [0.4, 0.5) is 0 Å². The van der Waals surface area contributed by atoms with Crippen LogP contribution >= 0.6 is 0 Å². The first-order valence-corrected chi connectivity index (χ1v) is 6.01. The average molecular weight is 260 g/mol. The van der Waals surface area contributed by atoms with Crippen LogP contribution in [0.1, 0.15) is 40.8 Å². The smallest absolute Gasteiger partial charge is 0.339 e. The fourth-order valence-electron chi connectivity index (χ4n) is 1.73. The molecule has 0 unspecified atom stereocenters. The van der Waals surface area contributed by atoms with E-state index in [9.17, 15) is 4.79 Å². The van der Waals surface area contributed by atoms with Gasteiger partial charge in [-0.15, -0.1) is 0 Å². The number of carboxylic acid groups (broad SMARTS) is 1. The molecule has 2 aromatic rings. The molecular formula is C13H12N2O4. The summed E-state index contributed by atoms with van der Waals surface area (Å²) in [4.78, 5) is 15.2. The quantitative estimate of drug-likeness (QED) is 0.887. The summed E-state index contributed by atoms with van der Waals surface area (Å²) < 4.78 is 10.5. The first-order chi connectivity index (χ1) is 9.24. The van der Waals surface area contributed by atoms with E-state index in [1.54, 1.807) is 18.2 Å². The number of ether oxygens (including phenoxy) is 1. The number of para-hydroxylation sites is 1. The third-order valence-electron chi connectivity index (χ3n) is 2.88. The normalized spacial score (nSPS) is 14.3. The molecule has 0 saturated heterocycles. The molecule has 19 heavy (non-hydrogen) atoms. The van der Waals surface area contributed by atoms with Gasteiger partial charge in [-0.05, 0) is 25.0 Å². The molecule has 1 aliphatic rings. The molecule has 1 saturated carbocycles. The number of carboxylic acids is 1. The largest absolute Gasteiger partial charge is 0.485 e. The highest BCUT2D eigenvalue weighted by atomic mass is 16.5. The third kappa shape index (κ3) is 2.57. The topological polar surface area (TPSA) is 85.5 Å². The van der Waals surface area contributed by atoms with E-state index in [4.69, 9.17) is 14.4 Å². The summed E-state index contributed by atoms with van der Waals surface area (Å²) >= 11 is 0. The molecule has 6 heteroatoms. The maximum absolute atomic E-state index is 11.0. The van der Waals surface area contributed by atoms with Crippen molar-refractivity contribution in [2.45, 2.75) is 25.4 Å². The molecule has 98 valence electrons. The van der Waals surface area contributed by atoms with Gasteiger partial charge in [-0.1, -0.05) is 17.3 Å². The van der Waals surface area contributed by atoms with Crippen molar-refractivity contribution in [3.63, 3.8) is 0 Å². The number of aromatic nitrogens is 2. The Morgan fingerprint density at radius 3 is 2.95 bits per heavy atom. The van der Waals surface area contributed by atoms with Crippen LogP contribution in [-0.2, 0) is 6.61 Å². The van der Waals surface area contributed by atoms with Gasteiger partial charge in [0.05, 0.1) is 0 Å². The second kappa shape index (κ2) is 4.72. The molecule has 3 rings (SSSR count). The predicted octanol–water partition coefficient (Wildman–Crippen LogP) is 2.22. The van der Waals surface area contributed by atoms with Crippen LogP contribution in [0, 0.1) is 0 Å². The fraction of sp³-hybridized carbons (Fsp3) is 0.308. The lowest BCUT2D eigenvalue weighted by Gasteiger charge is -2.06. The van der Waals surface area contributed by atoms with Crippen LogP contribution in [-0.4, -0.2) is 21.2 Å². The molecule has 0 atom stereocenters. The van der Waals surface area contributed by atoms with E-state index in [1.807, 2.05) is 0 Å². The molecular weight excluding hydrogens is 248 g/mol. The van der Waals surface area contributed by atoms with Gasteiger partial charge in [0, 0.05) is 5.92 Å². The van der Waals surface area contributed by atoms with Gasteiger partial charge < -0.3 is 14.4 Å². The Morgan fingerprint density at radius 1 is 1.42 bits per heavy atom. The van der Waals surface area contributed by atoms with Crippen LogP contribution in [0.5, 0.6) is 5.75 Å². The summed E-state index contributed by atoms with van der Waals surface area (Å²) in [6.07, 6.45) is 2.18. The van der Waals surface area contributed by atoms with Crippen LogP contribution < -0.4 is 4.74 Å². The zero-order valence-corrected chi connectivity index (χ0v) is 10.1. The van der Waals surface area contributed by atoms with Crippen molar-refractivity contribution in [3.8, 4) is 5.75 Å². The number of nitrogens with zero attached hydrogens (tertiary/aromatic N) is 2. The zero-order valence-electron chi connectivity index (χ0n) is 10.1. The van der Waals surface area contributed by atoms with Crippen LogP contribution in [0.3, 0.4) is 0 Å². The van der Waals surface area contributed by atoms with Gasteiger partial charge >= 0.3 is 5.97 Å². The fourth-order valence-corrected chi connectivity index (χ4v) is 1.73. The highest BCUT2D eigenvalue weighted by Crippen LogP contribution is 2.38. The first kappa shape index (κ1) is 11.7. The highest BCUT2D eigenvalue weighted by Gasteiger charge is 2.29. The molecule has 1 aromatic heterocycles. The molecule has 1 fully saturated rings. The number of benzene rings is 1. The lowest BCUT2D eigenvalue weighted by atomic mass is 10.2. The standard InChI is InChI=1S/C13H12N2O4/c16-13(17)9-3-1-2-4-10(9)18-7-11-14-12(19-15-11)8-5-6-8/h1-4,8H,5-7H2,(H,16,17). The van der Waals surface area contributed by atoms with Crippen molar-refractivity contribution in [2.75, 3.05) is 0 Å². The Labute approximate surface area is 109 Å². The first-order valence-electron chi connectivity index (χ1n) is 6.01. The van der Waals surface area contributed by atoms with Crippen LogP contribution in [0.2, 0.25) is 0 Å². The Kier molecular flexibility index (Phi) is 2.91. The van der Waals surface area contributed by atoms with Gasteiger partial charge in [-0.2, -0.15) is 4.98 Å². The molecule has 0 aliphatic heterocycles. The summed E-state index contributed by atoms with van der Waals surface area (Å²) in [5.74, 6) is 0.745. The van der Waals surface area contributed by atoms with E-state index in [2.05, 4.69) is 10.1 Å². The Balaban J connectivity index is 1.69. The molecule has 0 amide bonds.